The summed E-state index contributed by atoms with van der Waals surface area (Å²) in [6.07, 6.45) is 6.68. The highest BCUT2D eigenvalue weighted by atomic mass is 32.2. The van der Waals surface area contributed by atoms with Gasteiger partial charge in [0.25, 0.3) is 0 Å². The van der Waals surface area contributed by atoms with E-state index in [0.29, 0.717) is 12.1 Å². The highest BCUT2D eigenvalue weighted by molar-refractivity contribution is 7.92. The molecule has 2 atom stereocenters. The molecule has 6 nitrogen and oxygen atoms in total. The summed E-state index contributed by atoms with van der Waals surface area (Å²) in [4.78, 5) is 11.7. The van der Waals surface area contributed by atoms with Gasteiger partial charge in [0.1, 0.15) is 0 Å². The molecule has 0 spiro atoms. The summed E-state index contributed by atoms with van der Waals surface area (Å²) in [6, 6.07) is 7.17. The molecule has 1 heterocycles. The number of rotatable bonds is 8. The van der Waals surface area contributed by atoms with Crippen molar-refractivity contribution in [1.29, 1.82) is 0 Å². The highest BCUT2D eigenvalue weighted by Gasteiger charge is 2.30. The Morgan fingerprint density at radius 1 is 1.22 bits per heavy atom. The number of carbonyl (C=O) groups is 1. The second-order valence-electron chi connectivity index (χ2n) is 7.99. The number of aliphatic carboxylic acids is 1. The average Bonchev–Trinajstić information content (AvgIpc) is 3.14. The molecule has 3 N–H and O–H groups in total. The summed E-state index contributed by atoms with van der Waals surface area (Å²) in [5, 5.41) is 12.8. The van der Waals surface area contributed by atoms with Crippen molar-refractivity contribution in [1.82, 2.24) is 5.32 Å². The Labute approximate surface area is 161 Å². The van der Waals surface area contributed by atoms with Crippen molar-refractivity contribution >= 4 is 21.7 Å². The van der Waals surface area contributed by atoms with Gasteiger partial charge < -0.3 is 10.4 Å². The fourth-order valence-corrected chi connectivity index (χ4v) is 5.90. The SMILES string of the molecule is O=C(O)[C@@H](Cc1cccc(NS(=O)(=O)CC2CCCCC2)c1)[C@H]1CCNC1. The van der Waals surface area contributed by atoms with Gasteiger partial charge >= 0.3 is 5.97 Å². The number of nitrogens with one attached hydrogen (secondary N) is 2. The largest absolute Gasteiger partial charge is 0.481 e. The minimum atomic E-state index is -3.39. The first kappa shape index (κ1) is 20.1. The summed E-state index contributed by atoms with van der Waals surface area (Å²) in [6.45, 7) is 1.58. The van der Waals surface area contributed by atoms with Crippen molar-refractivity contribution in [2.45, 2.75) is 44.9 Å². The second kappa shape index (κ2) is 9.06. The Morgan fingerprint density at radius 2 is 2.00 bits per heavy atom. The van der Waals surface area contributed by atoms with E-state index in [1.54, 1.807) is 18.2 Å². The highest BCUT2D eigenvalue weighted by Crippen LogP contribution is 2.27. The van der Waals surface area contributed by atoms with E-state index in [4.69, 9.17) is 0 Å². The van der Waals surface area contributed by atoms with E-state index in [0.717, 1.165) is 50.8 Å². The van der Waals surface area contributed by atoms with Crippen LogP contribution in [0.5, 0.6) is 0 Å². The Morgan fingerprint density at radius 3 is 2.67 bits per heavy atom. The maximum Gasteiger partial charge on any atom is 0.307 e. The molecule has 0 aromatic heterocycles. The topological polar surface area (TPSA) is 95.5 Å². The zero-order valence-corrected chi connectivity index (χ0v) is 16.5. The van der Waals surface area contributed by atoms with Crippen LogP contribution >= 0.6 is 0 Å². The van der Waals surface area contributed by atoms with Crippen LogP contribution in [0.3, 0.4) is 0 Å². The van der Waals surface area contributed by atoms with Crippen LogP contribution in [0.25, 0.3) is 0 Å². The molecule has 2 fully saturated rings. The molecule has 1 saturated carbocycles. The first-order chi connectivity index (χ1) is 12.9. The van der Waals surface area contributed by atoms with Crippen molar-refractivity contribution in [3.8, 4) is 0 Å². The molecule has 1 aliphatic carbocycles. The van der Waals surface area contributed by atoms with Gasteiger partial charge in [-0.15, -0.1) is 0 Å². The number of carboxylic acid groups (broad SMARTS) is 1. The van der Waals surface area contributed by atoms with E-state index in [-0.39, 0.29) is 17.6 Å². The van der Waals surface area contributed by atoms with E-state index < -0.39 is 21.9 Å². The zero-order valence-electron chi connectivity index (χ0n) is 15.7. The summed E-state index contributed by atoms with van der Waals surface area (Å²) < 4.78 is 27.7. The lowest BCUT2D eigenvalue weighted by Crippen LogP contribution is -2.27. The van der Waals surface area contributed by atoms with Crippen molar-refractivity contribution in [2.75, 3.05) is 23.6 Å². The predicted octanol–water partition coefficient (Wildman–Crippen LogP) is 2.86. The Kier molecular flexibility index (Phi) is 6.76. The Hall–Kier alpha value is -1.60. The lowest BCUT2D eigenvalue weighted by Gasteiger charge is -2.22. The quantitative estimate of drug-likeness (QED) is 0.630. The molecule has 2 aliphatic rings. The minimum absolute atomic E-state index is 0.120. The van der Waals surface area contributed by atoms with Crippen LogP contribution in [-0.2, 0) is 21.2 Å². The predicted molar refractivity (Wildman–Crippen MR) is 106 cm³/mol. The second-order valence-corrected chi connectivity index (χ2v) is 9.76. The first-order valence-corrected chi connectivity index (χ1v) is 11.6. The van der Waals surface area contributed by atoms with Crippen LogP contribution in [0.1, 0.15) is 44.1 Å². The molecule has 0 amide bonds. The van der Waals surface area contributed by atoms with E-state index >= 15 is 0 Å². The number of anilines is 1. The van der Waals surface area contributed by atoms with Crippen LogP contribution in [0.4, 0.5) is 5.69 Å². The van der Waals surface area contributed by atoms with Gasteiger partial charge in [0, 0.05) is 5.69 Å². The molecular formula is C20H30N2O4S. The molecular weight excluding hydrogens is 364 g/mol. The molecule has 150 valence electrons. The van der Waals surface area contributed by atoms with Crippen molar-refractivity contribution in [3.63, 3.8) is 0 Å². The third-order valence-electron chi connectivity index (χ3n) is 5.82. The maximum absolute atomic E-state index is 12.5. The molecule has 0 unspecified atom stereocenters. The van der Waals surface area contributed by atoms with E-state index in [1.807, 2.05) is 6.07 Å². The standard InChI is InChI=1S/C20H30N2O4S/c23-20(24)19(17-9-10-21-13-17)12-16-7-4-8-18(11-16)22-27(25,26)14-15-5-2-1-3-6-15/h4,7-8,11,15,17,19,21-22H,1-3,5-6,9-10,12-14H2,(H,23,24)/t17-,19-/m0/s1. The van der Waals surface area contributed by atoms with Gasteiger partial charge in [-0.05, 0) is 68.3 Å². The van der Waals surface area contributed by atoms with Gasteiger partial charge in [-0.25, -0.2) is 8.42 Å². The Bertz CT molecular complexity index is 738. The lowest BCUT2D eigenvalue weighted by atomic mass is 9.86. The van der Waals surface area contributed by atoms with Crippen molar-refractivity contribution in [3.05, 3.63) is 29.8 Å². The zero-order chi connectivity index (χ0) is 19.3. The molecule has 7 heteroatoms. The fourth-order valence-electron chi connectivity index (χ4n) is 4.38. The smallest absolute Gasteiger partial charge is 0.307 e. The van der Waals surface area contributed by atoms with E-state index in [9.17, 15) is 18.3 Å². The van der Waals surface area contributed by atoms with Gasteiger partial charge in [-0.3, -0.25) is 9.52 Å². The Balaban J connectivity index is 1.64. The maximum atomic E-state index is 12.5. The van der Waals surface area contributed by atoms with Crippen LogP contribution in [-0.4, -0.2) is 38.3 Å². The fraction of sp³-hybridized carbons (Fsp3) is 0.650. The van der Waals surface area contributed by atoms with Crippen LogP contribution in [0.2, 0.25) is 0 Å². The average molecular weight is 395 g/mol. The third-order valence-corrected chi connectivity index (χ3v) is 7.28. The van der Waals surface area contributed by atoms with Gasteiger partial charge in [0.2, 0.25) is 10.0 Å². The summed E-state index contributed by atoms with van der Waals surface area (Å²) in [7, 11) is -3.39. The van der Waals surface area contributed by atoms with Gasteiger partial charge in [-0.2, -0.15) is 0 Å². The molecule has 1 aromatic carbocycles. The molecule has 3 rings (SSSR count). The molecule has 1 aromatic rings. The van der Waals surface area contributed by atoms with Crippen LogP contribution in [0.15, 0.2) is 24.3 Å². The normalized spacial score (nSPS) is 22.4. The first-order valence-electron chi connectivity index (χ1n) is 9.96. The molecule has 1 saturated heterocycles. The van der Waals surface area contributed by atoms with Crippen LogP contribution in [0, 0.1) is 17.8 Å². The molecule has 0 bridgehead atoms. The number of benzene rings is 1. The van der Waals surface area contributed by atoms with Gasteiger partial charge in [0.15, 0.2) is 0 Å². The molecule has 27 heavy (non-hydrogen) atoms. The summed E-state index contributed by atoms with van der Waals surface area (Å²) in [5.74, 6) is -0.705. The number of carboxylic acids is 1. The monoisotopic (exact) mass is 394 g/mol. The van der Waals surface area contributed by atoms with E-state index in [1.165, 1.54) is 6.42 Å². The number of sulfonamides is 1. The number of hydrogen-bond donors (Lipinski definition) is 3. The summed E-state index contributed by atoms with van der Waals surface area (Å²) >= 11 is 0. The van der Waals surface area contributed by atoms with Crippen LogP contribution < -0.4 is 10.0 Å². The minimum Gasteiger partial charge on any atom is -0.481 e. The number of hydrogen-bond acceptors (Lipinski definition) is 4. The van der Waals surface area contributed by atoms with Crippen molar-refractivity contribution in [2.24, 2.45) is 17.8 Å². The lowest BCUT2D eigenvalue weighted by molar-refractivity contribution is -0.143. The molecule has 0 radical (unpaired) electrons. The van der Waals surface area contributed by atoms with E-state index in [2.05, 4.69) is 10.0 Å². The van der Waals surface area contributed by atoms with Gasteiger partial charge in [0.05, 0.1) is 11.7 Å². The third kappa shape index (κ3) is 5.94. The van der Waals surface area contributed by atoms with Crippen molar-refractivity contribution < 1.29 is 18.3 Å². The molecule has 1 aliphatic heterocycles. The van der Waals surface area contributed by atoms with Gasteiger partial charge in [-0.1, -0.05) is 31.4 Å². The summed E-state index contributed by atoms with van der Waals surface area (Å²) in [5.41, 5.74) is 1.38.